The molecule has 118 valence electrons. The Morgan fingerprint density at radius 2 is 1.95 bits per heavy atom. The zero-order valence-electron chi connectivity index (χ0n) is 13.8. The number of likely N-dealkylation sites (N-methyl/N-ethyl adjacent to an activating group) is 2. The molecule has 1 aliphatic rings. The van der Waals surface area contributed by atoms with Crippen LogP contribution in [0.1, 0.15) is 44.1 Å². The van der Waals surface area contributed by atoms with E-state index in [0.29, 0.717) is 12.1 Å². The van der Waals surface area contributed by atoms with Gasteiger partial charge in [0.15, 0.2) is 0 Å². The number of benzene rings is 1. The number of hydrogen-bond acceptors (Lipinski definition) is 3. The minimum Gasteiger partial charge on any atom is -0.497 e. The van der Waals surface area contributed by atoms with Crippen LogP contribution in [0, 0.1) is 0 Å². The molecule has 1 aromatic rings. The lowest BCUT2D eigenvalue weighted by molar-refractivity contribution is 0.160. The Bertz CT molecular complexity index is 421. The summed E-state index contributed by atoms with van der Waals surface area (Å²) in [6.45, 7) is 0.986. The Morgan fingerprint density at radius 1 is 1.19 bits per heavy atom. The molecule has 0 bridgehead atoms. The molecule has 0 spiro atoms. The molecule has 0 saturated heterocycles. The van der Waals surface area contributed by atoms with Gasteiger partial charge in [-0.05, 0) is 44.6 Å². The summed E-state index contributed by atoms with van der Waals surface area (Å²) in [7, 11) is 6.10. The van der Waals surface area contributed by atoms with E-state index in [1.54, 1.807) is 7.11 Å². The van der Waals surface area contributed by atoms with Crippen molar-refractivity contribution < 1.29 is 4.74 Å². The Morgan fingerprint density at radius 3 is 2.67 bits per heavy atom. The maximum atomic E-state index is 5.33. The highest BCUT2D eigenvalue weighted by Crippen LogP contribution is 2.23. The average molecular weight is 290 g/mol. The molecule has 0 aromatic heterocycles. The molecule has 2 rings (SSSR count). The van der Waals surface area contributed by atoms with Crippen molar-refractivity contribution in [1.29, 1.82) is 0 Å². The van der Waals surface area contributed by atoms with Crippen molar-refractivity contribution in [3.63, 3.8) is 0 Å². The molecular weight excluding hydrogens is 260 g/mol. The van der Waals surface area contributed by atoms with E-state index in [4.69, 9.17) is 4.74 Å². The monoisotopic (exact) mass is 290 g/mol. The molecule has 1 N–H and O–H groups in total. The van der Waals surface area contributed by atoms with Crippen LogP contribution in [0.15, 0.2) is 24.3 Å². The minimum absolute atomic E-state index is 0.612. The Hall–Kier alpha value is -1.06. The zero-order valence-corrected chi connectivity index (χ0v) is 13.8. The normalized spacial score (nSPS) is 23.6. The number of nitrogens with one attached hydrogen (secondary N) is 1. The predicted molar refractivity (Wildman–Crippen MR) is 88.8 cm³/mol. The van der Waals surface area contributed by atoms with Gasteiger partial charge in [0.05, 0.1) is 7.11 Å². The Labute approximate surface area is 129 Å². The number of rotatable bonds is 5. The molecule has 1 saturated carbocycles. The van der Waals surface area contributed by atoms with Gasteiger partial charge in [-0.3, -0.25) is 4.90 Å². The lowest BCUT2D eigenvalue weighted by atomic mass is 9.91. The third-order valence-corrected chi connectivity index (χ3v) is 4.73. The van der Waals surface area contributed by atoms with Crippen LogP contribution in [0.4, 0.5) is 0 Å². The van der Waals surface area contributed by atoms with Crippen LogP contribution in [-0.4, -0.2) is 38.2 Å². The second-order valence-corrected chi connectivity index (χ2v) is 6.22. The molecule has 2 unspecified atom stereocenters. The second-order valence-electron chi connectivity index (χ2n) is 6.22. The molecule has 21 heavy (non-hydrogen) atoms. The first kappa shape index (κ1) is 16.3. The van der Waals surface area contributed by atoms with Crippen LogP contribution in [0.25, 0.3) is 0 Å². The number of hydrogen-bond donors (Lipinski definition) is 1. The maximum Gasteiger partial charge on any atom is 0.119 e. The summed E-state index contributed by atoms with van der Waals surface area (Å²) in [4.78, 5) is 2.52. The number of methoxy groups -OCH3 is 1. The van der Waals surface area contributed by atoms with Gasteiger partial charge in [0.25, 0.3) is 0 Å². The fraction of sp³-hybridized carbons (Fsp3) is 0.667. The van der Waals surface area contributed by atoms with Gasteiger partial charge in [0, 0.05) is 18.6 Å². The predicted octanol–water partition coefficient (Wildman–Crippen LogP) is 3.44. The second kappa shape index (κ2) is 8.40. The number of nitrogens with zero attached hydrogens (tertiary/aromatic N) is 1. The van der Waals surface area contributed by atoms with Gasteiger partial charge in [-0.15, -0.1) is 0 Å². The molecule has 0 radical (unpaired) electrons. The van der Waals surface area contributed by atoms with Crippen molar-refractivity contribution in [1.82, 2.24) is 10.2 Å². The topological polar surface area (TPSA) is 24.5 Å². The summed E-state index contributed by atoms with van der Waals surface area (Å²) in [6.07, 6.45) is 8.08. The quantitative estimate of drug-likeness (QED) is 0.899. The van der Waals surface area contributed by atoms with E-state index in [2.05, 4.69) is 42.5 Å². The van der Waals surface area contributed by atoms with Crippen molar-refractivity contribution in [3.05, 3.63) is 29.8 Å². The first-order valence-corrected chi connectivity index (χ1v) is 8.25. The summed E-state index contributed by atoms with van der Waals surface area (Å²) in [5.41, 5.74) is 1.33. The summed E-state index contributed by atoms with van der Waals surface area (Å²) in [5.74, 6) is 0.948. The van der Waals surface area contributed by atoms with E-state index in [-0.39, 0.29) is 0 Å². The molecule has 2 atom stereocenters. The van der Waals surface area contributed by atoms with Gasteiger partial charge in [0.1, 0.15) is 5.75 Å². The first-order chi connectivity index (χ1) is 10.2. The van der Waals surface area contributed by atoms with Crippen LogP contribution >= 0.6 is 0 Å². The van der Waals surface area contributed by atoms with Crippen LogP contribution in [0.5, 0.6) is 5.75 Å². The van der Waals surface area contributed by atoms with Gasteiger partial charge < -0.3 is 10.1 Å². The average Bonchev–Trinajstić information content (AvgIpc) is 2.47. The molecule has 0 aliphatic heterocycles. The van der Waals surface area contributed by atoms with E-state index in [1.807, 2.05) is 6.07 Å². The lowest BCUT2D eigenvalue weighted by Crippen LogP contribution is -2.47. The molecule has 1 aliphatic carbocycles. The summed E-state index contributed by atoms with van der Waals surface area (Å²) >= 11 is 0. The first-order valence-electron chi connectivity index (χ1n) is 8.25. The fourth-order valence-corrected chi connectivity index (χ4v) is 3.51. The third-order valence-electron chi connectivity index (χ3n) is 4.73. The Balaban J connectivity index is 2.02. The van der Waals surface area contributed by atoms with Crippen molar-refractivity contribution >= 4 is 0 Å². The summed E-state index contributed by atoms with van der Waals surface area (Å²) in [6, 6.07) is 9.66. The number of ether oxygens (including phenoxy) is 1. The smallest absolute Gasteiger partial charge is 0.119 e. The van der Waals surface area contributed by atoms with E-state index in [0.717, 1.165) is 12.3 Å². The molecule has 0 heterocycles. The zero-order chi connectivity index (χ0) is 15.1. The van der Waals surface area contributed by atoms with Crippen molar-refractivity contribution in [2.45, 2.75) is 57.2 Å². The van der Waals surface area contributed by atoms with E-state index in [1.165, 1.54) is 44.1 Å². The Kier molecular flexibility index (Phi) is 6.52. The van der Waals surface area contributed by atoms with E-state index < -0.39 is 0 Å². The van der Waals surface area contributed by atoms with E-state index >= 15 is 0 Å². The van der Waals surface area contributed by atoms with Gasteiger partial charge in [0.2, 0.25) is 0 Å². The highest BCUT2D eigenvalue weighted by molar-refractivity contribution is 5.28. The minimum atomic E-state index is 0.612. The van der Waals surface area contributed by atoms with Gasteiger partial charge in [-0.25, -0.2) is 0 Å². The van der Waals surface area contributed by atoms with Crippen molar-refractivity contribution in [2.24, 2.45) is 0 Å². The van der Waals surface area contributed by atoms with Gasteiger partial charge in [-0.1, -0.05) is 37.8 Å². The largest absolute Gasteiger partial charge is 0.497 e. The molecule has 1 aromatic carbocycles. The summed E-state index contributed by atoms with van der Waals surface area (Å²) < 4.78 is 5.33. The lowest BCUT2D eigenvalue weighted by Gasteiger charge is -2.36. The van der Waals surface area contributed by atoms with Gasteiger partial charge in [-0.2, -0.15) is 0 Å². The van der Waals surface area contributed by atoms with Crippen molar-refractivity contribution in [2.75, 3.05) is 21.2 Å². The van der Waals surface area contributed by atoms with Crippen LogP contribution in [-0.2, 0) is 6.54 Å². The highest BCUT2D eigenvalue weighted by atomic mass is 16.5. The molecule has 3 heteroatoms. The van der Waals surface area contributed by atoms with Crippen LogP contribution in [0.2, 0.25) is 0 Å². The maximum absolute atomic E-state index is 5.33. The van der Waals surface area contributed by atoms with E-state index in [9.17, 15) is 0 Å². The van der Waals surface area contributed by atoms with Crippen LogP contribution in [0.3, 0.4) is 0 Å². The molecular formula is C18H30N2O. The molecule has 0 amide bonds. The molecule has 3 nitrogen and oxygen atoms in total. The fourth-order valence-electron chi connectivity index (χ4n) is 3.51. The third kappa shape index (κ3) is 4.72. The van der Waals surface area contributed by atoms with Crippen molar-refractivity contribution in [3.8, 4) is 5.75 Å². The highest BCUT2D eigenvalue weighted by Gasteiger charge is 2.25. The summed E-state index contributed by atoms with van der Waals surface area (Å²) in [5, 5.41) is 3.54. The van der Waals surface area contributed by atoms with Gasteiger partial charge >= 0.3 is 0 Å². The molecule has 1 fully saturated rings. The standard InChI is InChI=1S/C18H30N2O/c1-19-17-11-6-4-5-7-12-18(17)20(2)14-15-9-8-10-16(13-15)21-3/h8-10,13,17-19H,4-7,11-12,14H2,1-3H3. The van der Waals surface area contributed by atoms with Crippen LogP contribution < -0.4 is 10.1 Å². The SMILES string of the molecule is CNC1CCCCCCC1N(C)Cc1cccc(OC)c1.